The molecule has 5 heteroatoms. The molecule has 1 N–H and O–H groups in total. The van der Waals surface area contributed by atoms with Gasteiger partial charge in [0.15, 0.2) is 5.82 Å². The van der Waals surface area contributed by atoms with Gasteiger partial charge in [0.05, 0.1) is 18.7 Å². The highest BCUT2D eigenvalue weighted by Gasteiger charge is 2.16. The SMILES string of the molecule is COc1ccc(-c2nc(NC[C@H]3CCCO3)c3ccccc3n2)cc1. The molecule has 128 valence electrons. The van der Waals surface area contributed by atoms with E-state index < -0.39 is 0 Å². The first-order valence-electron chi connectivity index (χ1n) is 8.60. The van der Waals surface area contributed by atoms with Crippen LogP contribution in [0.1, 0.15) is 12.8 Å². The molecule has 1 aliphatic rings. The molecule has 0 amide bonds. The number of nitrogens with zero attached hydrogens (tertiary/aromatic N) is 2. The molecule has 5 nitrogen and oxygen atoms in total. The van der Waals surface area contributed by atoms with Crippen LogP contribution in [0.4, 0.5) is 5.82 Å². The fraction of sp³-hybridized carbons (Fsp3) is 0.300. The lowest BCUT2D eigenvalue weighted by molar-refractivity contribution is 0.120. The van der Waals surface area contributed by atoms with E-state index in [1.54, 1.807) is 7.11 Å². The lowest BCUT2D eigenvalue weighted by atomic mass is 10.1. The van der Waals surface area contributed by atoms with Crippen LogP contribution in [0.2, 0.25) is 0 Å². The number of benzene rings is 2. The van der Waals surface area contributed by atoms with Gasteiger partial charge in [0.2, 0.25) is 0 Å². The summed E-state index contributed by atoms with van der Waals surface area (Å²) in [4.78, 5) is 9.49. The Morgan fingerprint density at radius 2 is 1.96 bits per heavy atom. The molecule has 2 heterocycles. The molecule has 1 fully saturated rings. The highest BCUT2D eigenvalue weighted by atomic mass is 16.5. The van der Waals surface area contributed by atoms with Crippen molar-refractivity contribution in [2.24, 2.45) is 0 Å². The Kier molecular flexibility index (Phi) is 4.48. The molecule has 0 spiro atoms. The van der Waals surface area contributed by atoms with E-state index in [4.69, 9.17) is 19.4 Å². The third kappa shape index (κ3) is 3.42. The largest absolute Gasteiger partial charge is 0.497 e. The maximum atomic E-state index is 5.71. The predicted octanol–water partition coefficient (Wildman–Crippen LogP) is 3.90. The van der Waals surface area contributed by atoms with Crippen LogP contribution in [-0.2, 0) is 4.74 Å². The van der Waals surface area contributed by atoms with E-state index in [1.165, 1.54) is 0 Å². The van der Waals surface area contributed by atoms with Gasteiger partial charge in [-0.2, -0.15) is 0 Å². The summed E-state index contributed by atoms with van der Waals surface area (Å²) in [6.45, 7) is 1.62. The lowest BCUT2D eigenvalue weighted by Gasteiger charge is -2.14. The van der Waals surface area contributed by atoms with E-state index in [0.717, 1.165) is 54.0 Å². The summed E-state index contributed by atoms with van der Waals surface area (Å²) in [5.41, 5.74) is 1.89. The minimum atomic E-state index is 0.262. The number of para-hydroxylation sites is 1. The van der Waals surface area contributed by atoms with Crippen molar-refractivity contribution >= 4 is 16.7 Å². The van der Waals surface area contributed by atoms with Gasteiger partial charge in [-0.05, 0) is 49.2 Å². The fourth-order valence-electron chi connectivity index (χ4n) is 3.10. The topological polar surface area (TPSA) is 56.3 Å². The van der Waals surface area contributed by atoms with Crippen molar-refractivity contribution in [3.8, 4) is 17.1 Å². The van der Waals surface area contributed by atoms with Crippen LogP contribution in [0.25, 0.3) is 22.3 Å². The van der Waals surface area contributed by atoms with Crippen molar-refractivity contribution in [1.82, 2.24) is 9.97 Å². The maximum absolute atomic E-state index is 5.71. The Labute approximate surface area is 147 Å². The van der Waals surface area contributed by atoms with Crippen LogP contribution in [0.15, 0.2) is 48.5 Å². The molecule has 2 aromatic carbocycles. The zero-order valence-electron chi connectivity index (χ0n) is 14.2. The standard InChI is InChI=1S/C20H21N3O2/c1-24-15-10-8-14(9-11-15)19-22-18-7-3-2-6-17(18)20(23-19)21-13-16-5-4-12-25-16/h2-3,6-11,16H,4-5,12-13H2,1H3,(H,21,22,23)/t16-/m1/s1. The van der Waals surface area contributed by atoms with Crippen LogP contribution in [0, 0.1) is 0 Å². The van der Waals surface area contributed by atoms with Crippen molar-refractivity contribution in [2.45, 2.75) is 18.9 Å². The highest BCUT2D eigenvalue weighted by molar-refractivity contribution is 5.90. The molecule has 0 unspecified atom stereocenters. The number of hydrogen-bond donors (Lipinski definition) is 1. The van der Waals surface area contributed by atoms with Crippen molar-refractivity contribution < 1.29 is 9.47 Å². The van der Waals surface area contributed by atoms with Gasteiger partial charge in [-0.1, -0.05) is 12.1 Å². The Morgan fingerprint density at radius 3 is 2.72 bits per heavy atom. The van der Waals surface area contributed by atoms with Crippen LogP contribution in [-0.4, -0.2) is 36.3 Å². The normalized spacial score (nSPS) is 16.9. The number of fused-ring (bicyclic) bond motifs is 1. The minimum Gasteiger partial charge on any atom is -0.497 e. The maximum Gasteiger partial charge on any atom is 0.162 e. The van der Waals surface area contributed by atoms with Crippen molar-refractivity contribution in [3.05, 3.63) is 48.5 Å². The summed E-state index contributed by atoms with van der Waals surface area (Å²) < 4.78 is 10.9. The van der Waals surface area contributed by atoms with Crippen LogP contribution in [0.5, 0.6) is 5.75 Å². The van der Waals surface area contributed by atoms with Gasteiger partial charge in [0.25, 0.3) is 0 Å². The van der Waals surface area contributed by atoms with E-state index in [-0.39, 0.29) is 6.10 Å². The number of ether oxygens (including phenoxy) is 2. The Hall–Kier alpha value is -2.66. The number of anilines is 1. The van der Waals surface area contributed by atoms with E-state index in [0.29, 0.717) is 5.82 Å². The minimum absolute atomic E-state index is 0.262. The van der Waals surface area contributed by atoms with Crippen molar-refractivity contribution in [3.63, 3.8) is 0 Å². The molecule has 4 rings (SSSR count). The molecular weight excluding hydrogens is 314 g/mol. The summed E-state index contributed by atoms with van der Waals surface area (Å²) in [7, 11) is 1.66. The lowest BCUT2D eigenvalue weighted by Crippen LogP contribution is -2.19. The second kappa shape index (κ2) is 7.07. The third-order valence-corrected chi connectivity index (χ3v) is 4.47. The van der Waals surface area contributed by atoms with Crippen LogP contribution in [0.3, 0.4) is 0 Å². The van der Waals surface area contributed by atoms with Gasteiger partial charge in [-0.3, -0.25) is 0 Å². The average Bonchev–Trinajstić information content (AvgIpc) is 3.19. The number of hydrogen-bond acceptors (Lipinski definition) is 5. The quantitative estimate of drug-likeness (QED) is 0.766. The highest BCUT2D eigenvalue weighted by Crippen LogP contribution is 2.26. The van der Waals surface area contributed by atoms with Crippen molar-refractivity contribution in [1.29, 1.82) is 0 Å². The zero-order valence-corrected chi connectivity index (χ0v) is 14.2. The summed E-state index contributed by atoms with van der Waals surface area (Å²) in [6, 6.07) is 15.9. The van der Waals surface area contributed by atoms with Gasteiger partial charge < -0.3 is 14.8 Å². The summed E-state index contributed by atoms with van der Waals surface area (Å²) in [5.74, 6) is 2.38. The first kappa shape index (κ1) is 15.8. The van der Waals surface area contributed by atoms with Gasteiger partial charge >= 0.3 is 0 Å². The van der Waals surface area contributed by atoms with Gasteiger partial charge in [-0.15, -0.1) is 0 Å². The molecule has 0 saturated carbocycles. The summed E-state index contributed by atoms with van der Waals surface area (Å²) in [5, 5.41) is 4.49. The zero-order chi connectivity index (χ0) is 17.1. The monoisotopic (exact) mass is 335 g/mol. The Morgan fingerprint density at radius 1 is 1.12 bits per heavy atom. The van der Waals surface area contributed by atoms with E-state index >= 15 is 0 Å². The molecule has 1 aromatic heterocycles. The first-order valence-corrected chi connectivity index (χ1v) is 8.60. The molecule has 1 aliphatic heterocycles. The third-order valence-electron chi connectivity index (χ3n) is 4.47. The summed E-state index contributed by atoms with van der Waals surface area (Å²) >= 11 is 0. The molecule has 1 saturated heterocycles. The van der Waals surface area contributed by atoms with Gasteiger partial charge in [-0.25, -0.2) is 9.97 Å². The fourth-order valence-corrected chi connectivity index (χ4v) is 3.10. The molecular formula is C20H21N3O2. The molecule has 0 bridgehead atoms. The van der Waals surface area contributed by atoms with E-state index in [1.807, 2.05) is 48.5 Å². The first-order chi connectivity index (χ1) is 12.3. The smallest absolute Gasteiger partial charge is 0.162 e. The molecule has 0 radical (unpaired) electrons. The molecule has 1 atom stereocenters. The van der Waals surface area contributed by atoms with Gasteiger partial charge in [0, 0.05) is 24.1 Å². The van der Waals surface area contributed by atoms with Crippen LogP contribution >= 0.6 is 0 Å². The van der Waals surface area contributed by atoms with E-state index in [2.05, 4.69) is 5.32 Å². The van der Waals surface area contributed by atoms with Crippen LogP contribution < -0.4 is 10.1 Å². The van der Waals surface area contributed by atoms with Crippen molar-refractivity contribution in [2.75, 3.05) is 25.6 Å². The second-order valence-corrected chi connectivity index (χ2v) is 6.16. The number of nitrogens with one attached hydrogen (secondary N) is 1. The number of methoxy groups -OCH3 is 1. The van der Waals surface area contributed by atoms with E-state index in [9.17, 15) is 0 Å². The average molecular weight is 335 g/mol. The molecule has 0 aliphatic carbocycles. The number of aromatic nitrogens is 2. The Bertz CT molecular complexity index is 858. The summed E-state index contributed by atoms with van der Waals surface area (Å²) in [6.07, 6.45) is 2.49. The molecule has 3 aromatic rings. The second-order valence-electron chi connectivity index (χ2n) is 6.16. The van der Waals surface area contributed by atoms with Gasteiger partial charge in [0.1, 0.15) is 11.6 Å². The number of rotatable bonds is 5. The predicted molar refractivity (Wildman–Crippen MR) is 99.0 cm³/mol. The molecule has 25 heavy (non-hydrogen) atoms. The Balaban J connectivity index is 1.69.